The molecule has 0 bridgehead atoms. The third kappa shape index (κ3) is 4.56. The van der Waals surface area contributed by atoms with E-state index in [2.05, 4.69) is 35.0 Å². The van der Waals surface area contributed by atoms with E-state index in [1.54, 1.807) is 17.0 Å². The summed E-state index contributed by atoms with van der Waals surface area (Å²) < 4.78 is 14.7. The fourth-order valence-corrected chi connectivity index (χ4v) is 5.30. The van der Waals surface area contributed by atoms with E-state index in [9.17, 15) is 14.0 Å². The van der Waals surface area contributed by atoms with Crippen LogP contribution in [0.3, 0.4) is 0 Å². The van der Waals surface area contributed by atoms with Crippen molar-refractivity contribution in [3.8, 4) is 0 Å². The van der Waals surface area contributed by atoms with Crippen molar-refractivity contribution in [2.75, 3.05) is 37.7 Å². The lowest BCUT2D eigenvalue weighted by atomic mass is 10.0. The zero-order chi connectivity index (χ0) is 23.7. The maximum absolute atomic E-state index is 14.7. The maximum atomic E-state index is 14.7. The first-order valence-electron chi connectivity index (χ1n) is 12.2. The number of fused-ring (bicyclic) bond motifs is 1. The molecule has 0 radical (unpaired) electrons. The van der Waals surface area contributed by atoms with E-state index < -0.39 is 5.82 Å². The van der Waals surface area contributed by atoms with Gasteiger partial charge in [-0.05, 0) is 49.6 Å². The topological polar surface area (TPSA) is 56.2 Å². The number of nitrogens with zero attached hydrogens (tertiary/aromatic N) is 4. The summed E-state index contributed by atoms with van der Waals surface area (Å²) in [6.45, 7) is 5.03. The van der Waals surface area contributed by atoms with E-state index in [-0.39, 0.29) is 23.3 Å². The predicted octanol–water partition coefficient (Wildman–Crippen LogP) is 4.01. The van der Waals surface area contributed by atoms with Crippen molar-refractivity contribution >= 4 is 23.7 Å². The summed E-state index contributed by atoms with van der Waals surface area (Å²) in [7, 11) is 0. The molecule has 6 nitrogen and oxygen atoms in total. The van der Waals surface area contributed by atoms with Crippen LogP contribution in [0.5, 0.6) is 0 Å². The first-order valence-corrected chi connectivity index (χ1v) is 12.2. The molecule has 0 unspecified atom stereocenters. The number of benzene rings is 2. The summed E-state index contributed by atoms with van der Waals surface area (Å²) >= 11 is 0. The number of amides is 2. The minimum absolute atomic E-state index is 0.0951. The van der Waals surface area contributed by atoms with Crippen LogP contribution in [0.15, 0.2) is 41.4 Å². The SMILES string of the molecule is Cc1ccc2c(c1)C=NCN2Cc1ccc(F)c(C(=O)N2CCN(C(=O)C3CCCC3)CC2)c1. The normalized spacial score (nSPS) is 18.4. The van der Waals surface area contributed by atoms with Gasteiger partial charge in [-0.2, -0.15) is 0 Å². The molecule has 2 aromatic carbocycles. The van der Waals surface area contributed by atoms with E-state index in [0.29, 0.717) is 39.4 Å². The Morgan fingerprint density at radius 2 is 1.74 bits per heavy atom. The Kier molecular flexibility index (Phi) is 6.35. The number of carbonyl (C=O) groups is 2. The third-order valence-electron chi connectivity index (χ3n) is 7.22. The van der Waals surface area contributed by atoms with Gasteiger partial charge in [-0.25, -0.2) is 4.39 Å². The van der Waals surface area contributed by atoms with Gasteiger partial charge in [0.1, 0.15) is 12.5 Å². The second kappa shape index (κ2) is 9.57. The third-order valence-corrected chi connectivity index (χ3v) is 7.22. The Balaban J connectivity index is 1.26. The Morgan fingerprint density at radius 3 is 2.50 bits per heavy atom. The molecule has 0 aromatic heterocycles. The minimum atomic E-state index is -0.508. The van der Waals surface area contributed by atoms with Gasteiger partial charge in [-0.15, -0.1) is 0 Å². The van der Waals surface area contributed by atoms with Crippen LogP contribution < -0.4 is 4.90 Å². The number of rotatable bonds is 4. The van der Waals surface area contributed by atoms with Crippen LogP contribution in [-0.4, -0.2) is 60.7 Å². The molecule has 3 aliphatic rings. The zero-order valence-corrected chi connectivity index (χ0v) is 19.7. The lowest BCUT2D eigenvalue weighted by Crippen LogP contribution is -2.51. The van der Waals surface area contributed by atoms with Gasteiger partial charge in [0.25, 0.3) is 5.91 Å². The van der Waals surface area contributed by atoms with Crippen molar-refractivity contribution in [3.05, 3.63) is 64.5 Å². The van der Waals surface area contributed by atoms with Gasteiger partial charge in [-0.1, -0.05) is 30.5 Å². The van der Waals surface area contributed by atoms with Crippen LogP contribution in [-0.2, 0) is 11.3 Å². The highest BCUT2D eigenvalue weighted by molar-refractivity contribution is 5.95. The average Bonchev–Trinajstić information content (AvgIpc) is 3.39. The van der Waals surface area contributed by atoms with Gasteiger partial charge >= 0.3 is 0 Å². The second-order valence-electron chi connectivity index (χ2n) is 9.63. The second-order valence-corrected chi connectivity index (χ2v) is 9.63. The van der Waals surface area contributed by atoms with Gasteiger partial charge in [0.05, 0.1) is 5.56 Å². The molecular formula is C27H31FN4O2. The number of carbonyl (C=O) groups excluding carboxylic acids is 2. The summed E-state index contributed by atoms with van der Waals surface area (Å²) in [5.74, 6) is -0.451. The molecule has 5 rings (SSSR count). The molecule has 1 saturated carbocycles. The number of hydrogen-bond acceptors (Lipinski definition) is 4. The monoisotopic (exact) mass is 462 g/mol. The maximum Gasteiger partial charge on any atom is 0.256 e. The van der Waals surface area contributed by atoms with Gasteiger partial charge < -0.3 is 14.7 Å². The van der Waals surface area contributed by atoms with Crippen molar-refractivity contribution in [1.82, 2.24) is 9.80 Å². The van der Waals surface area contributed by atoms with E-state index in [0.717, 1.165) is 42.5 Å². The molecule has 0 N–H and O–H groups in total. The molecule has 0 spiro atoms. The van der Waals surface area contributed by atoms with Crippen LogP contribution in [0, 0.1) is 18.7 Å². The lowest BCUT2D eigenvalue weighted by Gasteiger charge is -2.36. The predicted molar refractivity (Wildman–Crippen MR) is 131 cm³/mol. The summed E-state index contributed by atoms with van der Waals surface area (Å²) in [6, 6.07) is 11.0. The van der Waals surface area contributed by atoms with E-state index >= 15 is 0 Å². The highest BCUT2D eigenvalue weighted by Crippen LogP contribution is 2.28. The minimum Gasteiger partial charge on any atom is -0.347 e. The number of halogens is 1. The van der Waals surface area contributed by atoms with Crippen LogP contribution in [0.2, 0.25) is 0 Å². The number of aryl methyl sites for hydroxylation is 1. The standard InChI is InChI=1S/C27H31FN4O2/c1-19-6-9-25-22(14-19)16-29-18-32(25)17-20-7-8-24(28)23(15-20)27(34)31-12-10-30(11-13-31)26(33)21-4-2-3-5-21/h6-9,14-16,21H,2-5,10-13,17-18H2,1H3. The quantitative estimate of drug-likeness (QED) is 0.690. The molecule has 2 fully saturated rings. The highest BCUT2D eigenvalue weighted by Gasteiger charge is 2.31. The fraction of sp³-hybridized carbons (Fsp3) is 0.444. The summed E-state index contributed by atoms with van der Waals surface area (Å²) in [5, 5.41) is 0. The molecule has 2 heterocycles. The van der Waals surface area contributed by atoms with Gasteiger partial charge in [0, 0.05) is 56.1 Å². The Labute approximate surface area is 200 Å². The van der Waals surface area contributed by atoms with Crippen molar-refractivity contribution < 1.29 is 14.0 Å². The first kappa shape index (κ1) is 22.6. The van der Waals surface area contributed by atoms with Crippen molar-refractivity contribution in [2.24, 2.45) is 10.9 Å². The Bertz CT molecular complexity index is 1120. The molecule has 2 aromatic rings. The highest BCUT2D eigenvalue weighted by atomic mass is 19.1. The van der Waals surface area contributed by atoms with Crippen molar-refractivity contribution in [2.45, 2.75) is 39.2 Å². The molecule has 2 aliphatic heterocycles. The van der Waals surface area contributed by atoms with E-state index in [1.165, 1.54) is 11.6 Å². The molecule has 2 amide bonds. The van der Waals surface area contributed by atoms with Gasteiger partial charge in [0.2, 0.25) is 5.91 Å². The lowest BCUT2D eigenvalue weighted by molar-refractivity contribution is -0.136. The molecule has 1 saturated heterocycles. The summed E-state index contributed by atoms with van der Waals surface area (Å²) in [4.78, 5) is 36.0. The molecule has 0 atom stereocenters. The largest absolute Gasteiger partial charge is 0.347 e. The molecule has 34 heavy (non-hydrogen) atoms. The van der Waals surface area contributed by atoms with Crippen molar-refractivity contribution in [3.63, 3.8) is 0 Å². The molecule has 1 aliphatic carbocycles. The van der Waals surface area contributed by atoms with E-state index in [1.807, 2.05) is 11.1 Å². The summed E-state index contributed by atoms with van der Waals surface area (Å²) in [6.07, 6.45) is 6.08. The molecule has 178 valence electrons. The average molecular weight is 463 g/mol. The zero-order valence-electron chi connectivity index (χ0n) is 19.7. The number of aliphatic imine (C=N–C) groups is 1. The smallest absolute Gasteiger partial charge is 0.256 e. The Hall–Kier alpha value is -3.22. The number of piperazine rings is 1. The van der Waals surface area contributed by atoms with Crippen LogP contribution >= 0.6 is 0 Å². The molecular weight excluding hydrogens is 431 g/mol. The van der Waals surface area contributed by atoms with Crippen LogP contribution in [0.4, 0.5) is 10.1 Å². The number of anilines is 1. The fourth-order valence-electron chi connectivity index (χ4n) is 5.30. The molecule has 7 heteroatoms. The van der Waals surface area contributed by atoms with E-state index in [4.69, 9.17) is 0 Å². The van der Waals surface area contributed by atoms with Gasteiger partial charge in [-0.3, -0.25) is 14.6 Å². The van der Waals surface area contributed by atoms with Crippen LogP contribution in [0.1, 0.15) is 52.7 Å². The number of hydrogen-bond donors (Lipinski definition) is 0. The van der Waals surface area contributed by atoms with Crippen LogP contribution in [0.25, 0.3) is 0 Å². The van der Waals surface area contributed by atoms with Crippen molar-refractivity contribution in [1.29, 1.82) is 0 Å². The first-order chi connectivity index (χ1) is 16.5. The Morgan fingerprint density at radius 1 is 1.00 bits per heavy atom. The summed E-state index contributed by atoms with van der Waals surface area (Å²) in [5.41, 5.74) is 4.28. The van der Waals surface area contributed by atoms with Gasteiger partial charge in [0.15, 0.2) is 0 Å².